The molecule has 2 aromatic carbocycles. The van der Waals surface area contributed by atoms with Crippen LogP contribution in [0.2, 0.25) is 10.0 Å². The van der Waals surface area contributed by atoms with Gasteiger partial charge in [-0.15, -0.1) is 0 Å². The van der Waals surface area contributed by atoms with Crippen molar-refractivity contribution < 1.29 is 23.8 Å². The summed E-state index contributed by atoms with van der Waals surface area (Å²) in [6.45, 7) is 4.08. The molecule has 0 saturated carbocycles. The van der Waals surface area contributed by atoms with Gasteiger partial charge >= 0.3 is 11.9 Å². The van der Waals surface area contributed by atoms with E-state index >= 15 is 0 Å². The monoisotopic (exact) mass is 525 g/mol. The number of esters is 2. The van der Waals surface area contributed by atoms with Crippen molar-refractivity contribution in [2.45, 2.75) is 26.7 Å². The van der Waals surface area contributed by atoms with Crippen LogP contribution in [0.3, 0.4) is 0 Å². The Kier molecular flexibility index (Phi) is 7.75. The molecule has 0 radical (unpaired) electrons. The first-order valence-corrected chi connectivity index (χ1v) is 11.0. The lowest BCUT2D eigenvalue weighted by molar-refractivity contribution is -0.134. The molecule has 6 nitrogen and oxygen atoms in total. The third kappa shape index (κ3) is 5.67. The normalized spacial score (nSPS) is 14.4. The van der Waals surface area contributed by atoms with Gasteiger partial charge in [-0.25, -0.2) is 9.79 Å². The quantitative estimate of drug-likeness (QED) is 0.244. The standard InChI is InChI=1S/C22H18BrCl2NO5/c1-3-5-19(27)30-20-14(23)8-12(10-18(20)29-4-2)9-17-22(28)31-21(26-17)13-6-7-15(24)16(25)11-13/h6-11H,3-5H2,1-2H3/b17-9-. The molecule has 1 aliphatic rings. The lowest BCUT2D eigenvalue weighted by atomic mass is 10.1. The fourth-order valence-electron chi connectivity index (χ4n) is 2.72. The number of nitrogens with zero attached hydrogens (tertiary/aromatic N) is 1. The maximum absolute atomic E-state index is 12.3. The molecular weight excluding hydrogens is 509 g/mol. The number of benzene rings is 2. The van der Waals surface area contributed by atoms with Crippen LogP contribution in [-0.4, -0.2) is 24.4 Å². The zero-order valence-electron chi connectivity index (χ0n) is 16.7. The number of hydrogen-bond acceptors (Lipinski definition) is 6. The molecule has 0 atom stereocenters. The van der Waals surface area contributed by atoms with Crippen molar-refractivity contribution in [1.29, 1.82) is 0 Å². The topological polar surface area (TPSA) is 74.2 Å². The van der Waals surface area contributed by atoms with E-state index in [0.29, 0.717) is 50.8 Å². The fourth-order valence-corrected chi connectivity index (χ4v) is 3.56. The molecule has 31 heavy (non-hydrogen) atoms. The Balaban J connectivity index is 1.94. The zero-order chi connectivity index (χ0) is 22.5. The maximum atomic E-state index is 12.3. The van der Waals surface area contributed by atoms with Crippen LogP contribution >= 0.6 is 39.1 Å². The van der Waals surface area contributed by atoms with E-state index in [4.69, 9.17) is 37.4 Å². The Bertz CT molecular complexity index is 1100. The van der Waals surface area contributed by atoms with Gasteiger partial charge in [-0.1, -0.05) is 30.1 Å². The summed E-state index contributed by atoms with van der Waals surface area (Å²) in [6.07, 6.45) is 2.52. The van der Waals surface area contributed by atoms with Crippen molar-refractivity contribution in [3.63, 3.8) is 0 Å². The zero-order valence-corrected chi connectivity index (χ0v) is 19.8. The van der Waals surface area contributed by atoms with E-state index < -0.39 is 5.97 Å². The number of hydrogen-bond donors (Lipinski definition) is 0. The van der Waals surface area contributed by atoms with Gasteiger partial charge in [-0.2, -0.15) is 0 Å². The van der Waals surface area contributed by atoms with Crippen molar-refractivity contribution >= 4 is 63.0 Å². The van der Waals surface area contributed by atoms with Gasteiger partial charge < -0.3 is 14.2 Å². The molecule has 0 amide bonds. The van der Waals surface area contributed by atoms with Gasteiger partial charge in [-0.05, 0) is 71.2 Å². The molecule has 0 bridgehead atoms. The minimum Gasteiger partial charge on any atom is -0.490 e. The van der Waals surface area contributed by atoms with Gasteiger partial charge in [0.25, 0.3) is 0 Å². The van der Waals surface area contributed by atoms with Crippen LogP contribution in [-0.2, 0) is 14.3 Å². The molecule has 3 rings (SSSR count). The molecule has 0 saturated heterocycles. The number of ether oxygens (including phenoxy) is 3. The van der Waals surface area contributed by atoms with Crippen molar-refractivity contribution in [2.24, 2.45) is 4.99 Å². The number of rotatable bonds is 7. The molecule has 0 aliphatic carbocycles. The van der Waals surface area contributed by atoms with E-state index in [1.807, 2.05) is 13.8 Å². The molecule has 162 valence electrons. The number of cyclic esters (lactones) is 1. The molecule has 0 N–H and O–H groups in total. The Hall–Kier alpha value is -2.35. The van der Waals surface area contributed by atoms with E-state index in [2.05, 4.69) is 20.9 Å². The minimum absolute atomic E-state index is 0.103. The van der Waals surface area contributed by atoms with Crippen molar-refractivity contribution in [1.82, 2.24) is 0 Å². The van der Waals surface area contributed by atoms with Crippen LogP contribution in [0.25, 0.3) is 6.08 Å². The third-order valence-electron chi connectivity index (χ3n) is 4.09. The van der Waals surface area contributed by atoms with E-state index in [0.717, 1.165) is 0 Å². The van der Waals surface area contributed by atoms with Crippen LogP contribution < -0.4 is 9.47 Å². The van der Waals surface area contributed by atoms with Gasteiger partial charge in [0.05, 0.1) is 21.1 Å². The van der Waals surface area contributed by atoms with Crippen molar-refractivity contribution in [2.75, 3.05) is 6.61 Å². The summed E-state index contributed by atoms with van der Waals surface area (Å²) in [5.74, 6) is -0.173. The Labute approximate surface area is 197 Å². The van der Waals surface area contributed by atoms with Crippen LogP contribution in [0.15, 0.2) is 45.5 Å². The second-order valence-corrected chi connectivity index (χ2v) is 8.12. The fraction of sp³-hybridized carbons (Fsp3) is 0.227. The highest BCUT2D eigenvalue weighted by atomic mass is 79.9. The molecule has 0 aromatic heterocycles. The van der Waals surface area contributed by atoms with Crippen LogP contribution in [0.1, 0.15) is 37.8 Å². The van der Waals surface area contributed by atoms with Crippen molar-refractivity contribution in [3.05, 3.63) is 61.7 Å². The van der Waals surface area contributed by atoms with Gasteiger partial charge in [0.1, 0.15) is 0 Å². The number of carbonyl (C=O) groups is 2. The van der Waals surface area contributed by atoms with Crippen LogP contribution in [0, 0.1) is 0 Å². The summed E-state index contributed by atoms with van der Waals surface area (Å²) in [7, 11) is 0. The lowest BCUT2D eigenvalue weighted by Crippen LogP contribution is -2.09. The van der Waals surface area contributed by atoms with Crippen molar-refractivity contribution in [3.8, 4) is 11.5 Å². The number of halogens is 3. The molecule has 1 aliphatic heterocycles. The summed E-state index contributed by atoms with van der Waals surface area (Å²) >= 11 is 15.4. The third-order valence-corrected chi connectivity index (χ3v) is 5.42. The molecule has 2 aromatic rings. The Morgan fingerprint density at radius 3 is 2.65 bits per heavy atom. The lowest BCUT2D eigenvalue weighted by Gasteiger charge is -2.13. The second kappa shape index (κ2) is 10.3. The molecule has 9 heteroatoms. The Morgan fingerprint density at radius 2 is 1.97 bits per heavy atom. The van der Waals surface area contributed by atoms with Gasteiger partial charge in [0, 0.05) is 12.0 Å². The minimum atomic E-state index is -0.603. The molecular formula is C22H18BrCl2NO5. The second-order valence-electron chi connectivity index (χ2n) is 6.45. The van der Waals surface area contributed by atoms with Crippen LogP contribution in [0.4, 0.5) is 0 Å². The van der Waals surface area contributed by atoms with Crippen LogP contribution in [0.5, 0.6) is 11.5 Å². The number of aliphatic imine (C=N–C) groups is 1. The molecule has 0 spiro atoms. The van der Waals surface area contributed by atoms with Gasteiger partial charge in [-0.3, -0.25) is 4.79 Å². The summed E-state index contributed by atoms with van der Waals surface area (Å²) < 4.78 is 16.8. The summed E-state index contributed by atoms with van der Waals surface area (Å²) in [5.41, 5.74) is 1.24. The van der Waals surface area contributed by atoms with E-state index in [9.17, 15) is 9.59 Å². The average molecular weight is 527 g/mol. The van der Waals surface area contributed by atoms with E-state index in [1.54, 1.807) is 36.4 Å². The SMILES string of the molecule is CCCC(=O)Oc1c(Br)cc(/C=C2\N=C(c3ccc(Cl)c(Cl)c3)OC2=O)cc1OCC. The average Bonchev–Trinajstić information content (AvgIpc) is 3.07. The summed E-state index contributed by atoms with van der Waals surface area (Å²) in [4.78, 5) is 28.5. The van der Waals surface area contributed by atoms with Gasteiger partial charge in [0.2, 0.25) is 5.90 Å². The molecule has 0 unspecified atom stereocenters. The van der Waals surface area contributed by atoms with E-state index in [1.165, 1.54) is 0 Å². The highest BCUT2D eigenvalue weighted by Gasteiger charge is 2.25. The van der Waals surface area contributed by atoms with E-state index in [-0.39, 0.29) is 23.3 Å². The molecule has 0 fully saturated rings. The molecule has 1 heterocycles. The summed E-state index contributed by atoms with van der Waals surface area (Å²) in [5, 5.41) is 0.716. The number of carbonyl (C=O) groups excluding carboxylic acids is 2. The largest absolute Gasteiger partial charge is 0.490 e. The summed E-state index contributed by atoms with van der Waals surface area (Å²) in [6, 6.07) is 8.19. The highest BCUT2D eigenvalue weighted by molar-refractivity contribution is 9.10. The predicted octanol–water partition coefficient (Wildman–Crippen LogP) is 6.20. The highest BCUT2D eigenvalue weighted by Crippen LogP contribution is 2.38. The smallest absolute Gasteiger partial charge is 0.363 e. The maximum Gasteiger partial charge on any atom is 0.363 e. The Morgan fingerprint density at radius 1 is 1.19 bits per heavy atom. The first kappa shape index (κ1) is 23.3. The predicted molar refractivity (Wildman–Crippen MR) is 123 cm³/mol. The first-order chi connectivity index (χ1) is 14.8. The van der Waals surface area contributed by atoms with Gasteiger partial charge in [0.15, 0.2) is 17.2 Å². The first-order valence-electron chi connectivity index (χ1n) is 9.47.